The van der Waals surface area contributed by atoms with Crippen molar-refractivity contribution in [2.75, 3.05) is 19.6 Å². The van der Waals surface area contributed by atoms with Gasteiger partial charge in [0.2, 0.25) is 5.91 Å². The largest absolute Gasteiger partial charge is 0.303 e. The normalized spacial score (nSPS) is 16.3. The van der Waals surface area contributed by atoms with Crippen molar-refractivity contribution < 1.29 is 4.79 Å². The number of hydrogen-bond donors (Lipinski definition) is 1. The third-order valence-electron chi connectivity index (χ3n) is 3.46. The van der Waals surface area contributed by atoms with E-state index in [4.69, 9.17) is 23.2 Å². The van der Waals surface area contributed by atoms with Gasteiger partial charge >= 0.3 is 0 Å². The Balaban J connectivity index is 1.73. The fourth-order valence-electron chi connectivity index (χ4n) is 2.28. The van der Waals surface area contributed by atoms with Crippen molar-refractivity contribution in [1.29, 1.82) is 0 Å². The maximum Gasteiger partial charge on any atom is 0.241 e. The number of rotatable bonds is 5. The number of hydrazone groups is 1. The molecule has 6 heteroatoms. The van der Waals surface area contributed by atoms with E-state index >= 15 is 0 Å². The first kappa shape index (κ1) is 16.3. The summed E-state index contributed by atoms with van der Waals surface area (Å²) in [4.78, 5) is 14.0. The molecule has 1 aromatic carbocycles. The van der Waals surface area contributed by atoms with Crippen LogP contribution in [0.5, 0.6) is 0 Å². The quantitative estimate of drug-likeness (QED) is 0.666. The van der Waals surface area contributed by atoms with Gasteiger partial charge in [0.05, 0.1) is 11.2 Å². The Hall–Kier alpha value is -1.10. The van der Waals surface area contributed by atoms with E-state index in [0.717, 1.165) is 25.2 Å². The van der Waals surface area contributed by atoms with Gasteiger partial charge in [0.1, 0.15) is 0 Å². The summed E-state index contributed by atoms with van der Waals surface area (Å²) < 4.78 is 0. The van der Waals surface area contributed by atoms with Crippen molar-refractivity contribution in [3.8, 4) is 0 Å². The van der Waals surface area contributed by atoms with Crippen LogP contribution >= 0.6 is 23.2 Å². The molecule has 0 unspecified atom stereocenters. The number of carbonyl (C=O) groups is 1. The maximum atomic E-state index is 11.7. The molecule has 0 aromatic heterocycles. The van der Waals surface area contributed by atoms with E-state index in [1.54, 1.807) is 18.2 Å². The highest BCUT2D eigenvalue weighted by atomic mass is 35.5. The summed E-state index contributed by atoms with van der Waals surface area (Å²) in [6, 6.07) is 5.13. The van der Waals surface area contributed by atoms with Crippen LogP contribution < -0.4 is 5.43 Å². The fraction of sp³-hybridized carbons (Fsp3) is 0.467. The summed E-state index contributed by atoms with van der Waals surface area (Å²) in [5, 5.41) is 5.01. The summed E-state index contributed by atoms with van der Waals surface area (Å²) in [6.45, 7) is 2.98. The summed E-state index contributed by atoms with van der Waals surface area (Å²) in [5.41, 5.74) is 3.24. The lowest BCUT2D eigenvalue weighted by Gasteiger charge is -2.25. The molecule has 1 fully saturated rings. The number of nitrogens with one attached hydrogen (secondary N) is 1. The van der Waals surface area contributed by atoms with Crippen LogP contribution in [0.1, 0.15) is 31.2 Å². The second kappa shape index (κ2) is 8.37. The van der Waals surface area contributed by atoms with Crippen LogP contribution in [-0.2, 0) is 4.79 Å². The van der Waals surface area contributed by atoms with Crippen molar-refractivity contribution in [2.24, 2.45) is 5.10 Å². The Kier molecular flexibility index (Phi) is 6.49. The average molecular weight is 328 g/mol. The summed E-state index contributed by atoms with van der Waals surface area (Å²) in [7, 11) is 0. The van der Waals surface area contributed by atoms with Gasteiger partial charge in [0.15, 0.2) is 0 Å². The lowest BCUT2D eigenvalue weighted by Crippen LogP contribution is -2.33. The molecular weight excluding hydrogens is 309 g/mol. The van der Waals surface area contributed by atoms with Gasteiger partial charge in [-0.25, -0.2) is 5.43 Å². The number of benzene rings is 1. The zero-order valence-corrected chi connectivity index (χ0v) is 13.3. The van der Waals surface area contributed by atoms with Crippen molar-refractivity contribution >= 4 is 35.3 Å². The molecule has 1 saturated heterocycles. The van der Waals surface area contributed by atoms with E-state index in [-0.39, 0.29) is 5.91 Å². The number of nitrogens with zero attached hydrogens (tertiary/aromatic N) is 2. The number of piperidine rings is 1. The number of hydrogen-bond acceptors (Lipinski definition) is 3. The lowest BCUT2D eigenvalue weighted by atomic mass is 10.1. The molecule has 2 rings (SSSR count). The zero-order valence-electron chi connectivity index (χ0n) is 11.8. The van der Waals surface area contributed by atoms with Crippen molar-refractivity contribution in [1.82, 2.24) is 10.3 Å². The van der Waals surface area contributed by atoms with Crippen LogP contribution in [0, 0.1) is 0 Å². The monoisotopic (exact) mass is 327 g/mol. The fourth-order valence-corrected chi connectivity index (χ4v) is 2.74. The molecule has 0 spiro atoms. The third kappa shape index (κ3) is 5.65. The molecule has 1 amide bonds. The van der Waals surface area contributed by atoms with Gasteiger partial charge in [-0.1, -0.05) is 35.7 Å². The molecule has 4 nitrogen and oxygen atoms in total. The van der Waals surface area contributed by atoms with E-state index in [2.05, 4.69) is 15.4 Å². The molecule has 0 aliphatic carbocycles. The predicted octanol–water partition coefficient (Wildman–Crippen LogP) is 3.32. The molecular formula is C15H19Cl2N3O. The van der Waals surface area contributed by atoms with Gasteiger partial charge in [0.25, 0.3) is 0 Å². The Bertz CT molecular complexity index is 514. The van der Waals surface area contributed by atoms with Crippen molar-refractivity contribution in [2.45, 2.75) is 25.7 Å². The van der Waals surface area contributed by atoms with Crippen LogP contribution in [0.3, 0.4) is 0 Å². The molecule has 0 atom stereocenters. The van der Waals surface area contributed by atoms with E-state index in [9.17, 15) is 4.79 Å². The molecule has 0 saturated carbocycles. The topological polar surface area (TPSA) is 44.7 Å². The molecule has 0 radical (unpaired) electrons. The molecule has 1 aliphatic heterocycles. The first-order valence-electron chi connectivity index (χ1n) is 7.14. The zero-order chi connectivity index (χ0) is 15.1. The average Bonchev–Trinajstić information content (AvgIpc) is 2.48. The smallest absolute Gasteiger partial charge is 0.241 e. The highest BCUT2D eigenvalue weighted by Crippen LogP contribution is 2.19. The minimum absolute atomic E-state index is 0.0816. The van der Waals surface area contributed by atoms with Gasteiger partial charge in [-0.2, -0.15) is 5.10 Å². The SMILES string of the molecule is O=C(CCN1CCCCC1)NN=Cc1ccc(Cl)cc1Cl. The first-order chi connectivity index (χ1) is 10.1. The minimum atomic E-state index is -0.0816. The van der Waals surface area contributed by atoms with Gasteiger partial charge in [-0.3, -0.25) is 4.79 Å². The standard InChI is InChI=1S/C15H19Cl2N3O/c16-13-5-4-12(14(17)10-13)11-18-19-15(21)6-9-20-7-2-1-3-8-20/h4-5,10-11H,1-3,6-9H2,(H,19,21). The number of halogens is 2. The molecule has 21 heavy (non-hydrogen) atoms. The Morgan fingerprint density at radius 2 is 2.05 bits per heavy atom. The summed E-state index contributed by atoms with van der Waals surface area (Å²) >= 11 is 11.8. The van der Waals surface area contributed by atoms with Gasteiger partial charge in [0, 0.05) is 23.6 Å². The highest BCUT2D eigenvalue weighted by molar-refractivity contribution is 6.36. The van der Waals surface area contributed by atoms with Crippen molar-refractivity contribution in [3.63, 3.8) is 0 Å². The first-order valence-corrected chi connectivity index (χ1v) is 7.90. The second-order valence-electron chi connectivity index (χ2n) is 5.11. The van der Waals surface area contributed by atoms with E-state index in [1.807, 2.05) is 0 Å². The van der Waals surface area contributed by atoms with E-state index in [0.29, 0.717) is 16.5 Å². The maximum absolute atomic E-state index is 11.7. The molecule has 1 N–H and O–H groups in total. The van der Waals surface area contributed by atoms with Crippen LogP contribution in [0.15, 0.2) is 23.3 Å². The van der Waals surface area contributed by atoms with E-state index < -0.39 is 0 Å². The molecule has 1 aliphatic rings. The highest BCUT2D eigenvalue weighted by Gasteiger charge is 2.11. The Morgan fingerprint density at radius 3 is 2.76 bits per heavy atom. The molecule has 114 valence electrons. The van der Waals surface area contributed by atoms with E-state index in [1.165, 1.54) is 25.5 Å². The molecule has 1 heterocycles. The van der Waals surface area contributed by atoms with Crippen LogP contribution in [0.4, 0.5) is 0 Å². The summed E-state index contributed by atoms with van der Waals surface area (Å²) in [6.07, 6.45) is 5.75. The van der Waals surface area contributed by atoms with Crippen molar-refractivity contribution in [3.05, 3.63) is 33.8 Å². The van der Waals surface area contributed by atoms with Gasteiger partial charge in [-0.05, 0) is 38.1 Å². The number of likely N-dealkylation sites (tertiary alicyclic amines) is 1. The number of amides is 1. The van der Waals surface area contributed by atoms with Crippen LogP contribution in [-0.4, -0.2) is 36.7 Å². The summed E-state index contributed by atoms with van der Waals surface area (Å²) in [5.74, 6) is -0.0816. The molecule has 0 bridgehead atoms. The lowest BCUT2D eigenvalue weighted by molar-refractivity contribution is -0.121. The predicted molar refractivity (Wildman–Crippen MR) is 87.1 cm³/mol. The third-order valence-corrected chi connectivity index (χ3v) is 4.02. The molecule has 1 aromatic rings. The second-order valence-corrected chi connectivity index (χ2v) is 5.95. The Morgan fingerprint density at radius 1 is 1.29 bits per heavy atom. The van der Waals surface area contributed by atoms with Crippen LogP contribution in [0.2, 0.25) is 10.0 Å². The Labute approximate surface area is 135 Å². The minimum Gasteiger partial charge on any atom is -0.303 e. The van der Waals surface area contributed by atoms with Gasteiger partial charge < -0.3 is 4.90 Å². The van der Waals surface area contributed by atoms with Gasteiger partial charge in [-0.15, -0.1) is 0 Å². The number of carbonyl (C=O) groups excluding carboxylic acids is 1. The van der Waals surface area contributed by atoms with Crippen LogP contribution in [0.25, 0.3) is 0 Å².